The molecule has 0 unspecified atom stereocenters. The van der Waals surface area contributed by atoms with Gasteiger partial charge in [-0.2, -0.15) is 11.3 Å². The van der Waals surface area contributed by atoms with Crippen LogP contribution >= 0.6 is 11.3 Å². The van der Waals surface area contributed by atoms with Crippen LogP contribution in [0.2, 0.25) is 0 Å². The molecule has 160 valence electrons. The lowest BCUT2D eigenvalue weighted by molar-refractivity contribution is -0.123. The fourth-order valence-electron chi connectivity index (χ4n) is 4.69. The molecule has 32 heavy (non-hydrogen) atoms. The van der Waals surface area contributed by atoms with Gasteiger partial charge < -0.3 is 10.2 Å². The summed E-state index contributed by atoms with van der Waals surface area (Å²) >= 11 is 1.64. The Morgan fingerprint density at radius 1 is 0.938 bits per heavy atom. The summed E-state index contributed by atoms with van der Waals surface area (Å²) in [6.45, 7) is 1.41. The number of nitrogens with zero attached hydrogens (tertiary/aromatic N) is 1. The zero-order valence-electron chi connectivity index (χ0n) is 17.9. The van der Waals surface area contributed by atoms with Gasteiger partial charge in [-0.1, -0.05) is 72.8 Å². The van der Waals surface area contributed by atoms with Crippen molar-refractivity contribution in [1.29, 1.82) is 0 Å². The molecule has 1 amide bonds. The summed E-state index contributed by atoms with van der Waals surface area (Å²) in [5, 5.41) is 7.41. The second-order valence-corrected chi connectivity index (χ2v) is 8.94. The van der Waals surface area contributed by atoms with Crippen LogP contribution in [-0.2, 0) is 17.8 Å². The molecular formula is C28H26N2OS. The first kappa shape index (κ1) is 20.5. The van der Waals surface area contributed by atoms with Gasteiger partial charge in [0.05, 0.1) is 12.0 Å². The van der Waals surface area contributed by atoms with Crippen molar-refractivity contribution < 1.29 is 4.79 Å². The summed E-state index contributed by atoms with van der Waals surface area (Å²) in [4.78, 5) is 16.2. The molecule has 3 aromatic carbocycles. The molecular weight excluding hydrogens is 412 g/mol. The van der Waals surface area contributed by atoms with Crippen LogP contribution in [0.5, 0.6) is 0 Å². The first-order chi connectivity index (χ1) is 15.8. The number of fused-ring (bicyclic) bond motifs is 1. The summed E-state index contributed by atoms with van der Waals surface area (Å²) in [7, 11) is 0. The number of nitrogens with one attached hydrogen (secondary N) is 1. The molecule has 0 fully saturated rings. The Balaban J connectivity index is 1.55. The highest BCUT2D eigenvalue weighted by atomic mass is 32.1. The third-order valence-corrected chi connectivity index (χ3v) is 6.93. The predicted molar refractivity (Wildman–Crippen MR) is 132 cm³/mol. The normalized spacial score (nSPS) is 16.2. The van der Waals surface area contributed by atoms with Gasteiger partial charge in [0.25, 0.3) is 0 Å². The molecule has 0 aliphatic carbocycles. The van der Waals surface area contributed by atoms with E-state index in [1.54, 1.807) is 11.3 Å². The van der Waals surface area contributed by atoms with Crippen molar-refractivity contribution >= 4 is 22.9 Å². The van der Waals surface area contributed by atoms with E-state index in [2.05, 4.69) is 75.6 Å². The van der Waals surface area contributed by atoms with Gasteiger partial charge in [0.15, 0.2) is 0 Å². The van der Waals surface area contributed by atoms with Crippen LogP contribution in [0, 0.1) is 0 Å². The number of para-hydroxylation sites is 1. The molecule has 1 aliphatic heterocycles. The first-order valence-corrected chi connectivity index (χ1v) is 12.0. The topological polar surface area (TPSA) is 32.3 Å². The fraction of sp³-hybridized carbons (Fsp3) is 0.179. The van der Waals surface area contributed by atoms with Gasteiger partial charge in [-0.25, -0.2) is 0 Å². The number of thiophene rings is 1. The lowest BCUT2D eigenvalue weighted by atomic mass is 9.81. The first-order valence-electron chi connectivity index (χ1n) is 11.0. The second-order valence-electron chi connectivity index (χ2n) is 8.16. The van der Waals surface area contributed by atoms with E-state index < -0.39 is 0 Å². The Hall–Kier alpha value is -3.37. The van der Waals surface area contributed by atoms with E-state index in [0.29, 0.717) is 6.54 Å². The standard InChI is InChI=1S/C28H26N2OS/c31-28(29-19-21-9-3-1-4-10-21)26(23-16-18-32-20-23)27-25-14-8-7-11-22(25)15-17-30(27)24-12-5-2-6-13-24/h1-14,16,18,20,26-27H,15,17,19H2,(H,29,31)/t26-,27-/m1/s1. The van der Waals surface area contributed by atoms with E-state index in [4.69, 9.17) is 0 Å². The number of rotatable bonds is 6. The molecule has 5 rings (SSSR count). The van der Waals surface area contributed by atoms with Crippen LogP contribution in [0.25, 0.3) is 0 Å². The Bertz CT molecular complexity index is 1160. The number of anilines is 1. The van der Waals surface area contributed by atoms with Crippen LogP contribution < -0.4 is 10.2 Å². The number of hydrogen-bond acceptors (Lipinski definition) is 3. The van der Waals surface area contributed by atoms with Crippen molar-refractivity contribution in [1.82, 2.24) is 5.32 Å². The largest absolute Gasteiger partial charge is 0.363 e. The molecule has 0 radical (unpaired) electrons. The zero-order chi connectivity index (χ0) is 21.8. The average molecular weight is 439 g/mol. The van der Waals surface area contributed by atoms with E-state index in [-0.39, 0.29) is 17.9 Å². The molecule has 2 atom stereocenters. The molecule has 2 heterocycles. The molecule has 0 saturated heterocycles. The Labute approximate surface area is 193 Å². The summed E-state index contributed by atoms with van der Waals surface area (Å²) in [5.41, 5.74) is 5.91. The molecule has 1 N–H and O–H groups in total. The molecule has 4 aromatic rings. The molecule has 1 aromatic heterocycles. The van der Waals surface area contributed by atoms with E-state index in [1.807, 2.05) is 36.4 Å². The molecule has 4 heteroatoms. The molecule has 0 bridgehead atoms. The van der Waals surface area contributed by atoms with Crippen LogP contribution in [0.1, 0.15) is 34.2 Å². The van der Waals surface area contributed by atoms with Crippen LogP contribution in [0.15, 0.2) is 102 Å². The van der Waals surface area contributed by atoms with E-state index in [1.165, 1.54) is 11.1 Å². The fourth-order valence-corrected chi connectivity index (χ4v) is 5.39. The number of hydrogen-bond donors (Lipinski definition) is 1. The average Bonchev–Trinajstić information content (AvgIpc) is 3.39. The van der Waals surface area contributed by atoms with Crippen molar-refractivity contribution in [2.45, 2.75) is 24.9 Å². The minimum Gasteiger partial charge on any atom is -0.363 e. The molecule has 0 spiro atoms. The minimum absolute atomic E-state index is 0.0623. The second kappa shape index (κ2) is 9.41. The van der Waals surface area contributed by atoms with E-state index in [9.17, 15) is 4.79 Å². The molecule has 1 aliphatic rings. The SMILES string of the molecule is O=C(NCc1ccccc1)[C@H](c1ccsc1)[C@H]1c2ccccc2CCN1c1ccccc1. The summed E-state index contributed by atoms with van der Waals surface area (Å²) in [6, 6.07) is 31.2. The Kier molecular flexibility index (Phi) is 6.04. The van der Waals surface area contributed by atoms with Crippen molar-refractivity contribution in [3.05, 3.63) is 124 Å². The van der Waals surface area contributed by atoms with Gasteiger partial charge in [0.2, 0.25) is 5.91 Å². The van der Waals surface area contributed by atoms with Crippen molar-refractivity contribution in [3.8, 4) is 0 Å². The number of carbonyl (C=O) groups excluding carboxylic acids is 1. The highest BCUT2D eigenvalue weighted by Crippen LogP contribution is 2.43. The Morgan fingerprint density at radius 3 is 2.41 bits per heavy atom. The van der Waals surface area contributed by atoms with E-state index >= 15 is 0 Å². The van der Waals surface area contributed by atoms with E-state index in [0.717, 1.165) is 29.8 Å². The number of carbonyl (C=O) groups is 1. The zero-order valence-corrected chi connectivity index (χ0v) is 18.7. The molecule has 0 saturated carbocycles. The third-order valence-electron chi connectivity index (χ3n) is 6.23. The highest BCUT2D eigenvalue weighted by molar-refractivity contribution is 7.08. The smallest absolute Gasteiger partial charge is 0.230 e. The Morgan fingerprint density at radius 2 is 1.66 bits per heavy atom. The van der Waals surface area contributed by atoms with Gasteiger partial charge in [0, 0.05) is 18.8 Å². The lowest BCUT2D eigenvalue weighted by Gasteiger charge is -2.42. The van der Waals surface area contributed by atoms with Crippen LogP contribution in [0.4, 0.5) is 5.69 Å². The summed E-state index contributed by atoms with van der Waals surface area (Å²) < 4.78 is 0. The summed E-state index contributed by atoms with van der Waals surface area (Å²) in [6.07, 6.45) is 0.976. The quantitative estimate of drug-likeness (QED) is 0.403. The van der Waals surface area contributed by atoms with Crippen molar-refractivity contribution in [2.75, 3.05) is 11.4 Å². The molecule has 3 nitrogen and oxygen atoms in total. The van der Waals surface area contributed by atoms with Gasteiger partial charge in [-0.15, -0.1) is 0 Å². The van der Waals surface area contributed by atoms with Crippen molar-refractivity contribution in [2.24, 2.45) is 0 Å². The van der Waals surface area contributed by atoms with Gasteiger partial charge >= 0.3 is 0 Å². The maximum atomic E-state index is 13.8. The van der Waals surface area contributed by atoms with Crippen molar-refractivity contribution in [3.63, 3.8) is 0 Å². The van der Waals surface area contributed by atoms with Crippen LogP contribution in [-0.4, -0.2) is 12.5 Å². The predicted octanol–water partition coefficient (Wildman–Crippen LogP) is 5.95. The number of amides is 1. The highest BCUT2D eigenvalue weighted by Gasteiger charge is 2.38. The van der Waals surface area contributed by atoms with Crippen LogP contribution in [0.3, 0.4) is 0 Å². The van der Waals surface area contributed by atoms with Gasteiger partial charge in [-0.05, 0) is 57.6 Å². The van der Waals surface area contributed by atoms with Gasteiger partial charge in [0.1, 0.15) is 0 Å². The number of benzene rings is 3. The summed E-state index contributed by atoms with van der Waals surface area (Å²) in [5.74, 6) is -0.235. The maximum Gasteiger partial charge on any atom is 0.230 e. The van der Waals surface area contributed by atoms with Gasteiger partial charge in [-0.3, -0.25) is 4.79 Å². The minimum atomic E-state index is -0.299. The maximum absolute atomic E-state index is 13.8. The lowest BCUT2D eigenvalue weighted by Crippen LogP contribution is -2.43. The monoisotopic (exact) mass is 438 g/mol. The third kappa shape index (κ3) is 4.19.